The molecule has 0 aliphatic carbocycles. The van der Waals surface area contributed by atoms with Gasteiger partial charge >= 0.3 is 0 Å². The summed E-state index contributed by atoms with van der Waals surface area (Å²) in [6.07, 6.45) is 1.76. The van der Waals surface area contributed by atoms with E-state index >= 15 is 0 Å². The molecule has 0 fully saturated rings. The van der Waals surface area contributed by atoms with Crippen LogP contribution in [0.25, 0.3) is 10.8 Å². The number of benzene rings is 2. The molecule has 21 heavy (non-hydrogen) atoms. The molecule has 0 saturated carbocycles. The lowest BCUT2D eigenvalue weighted by atomic mass is 9.99. The molecule has 3 rings (SSSR count). The average molecular weight is 280 g/mol. The van der Waals surface area contributed by atoms with Crippen LogP contribution in [0, 0.1) is 6.92 Å². The normalized spacial score (nSPS) is 14.2. The fourth-order valence-corrected chi connectivity index (χ4v) is 2.74. The summed E-state index contributed by atoms with van der Waals surface area (Å²) in [6.45, 7) is 6.17. The predicted molar refractivity (Wildman–Crippen MR) is 85.2 cm³/mol. The Morgan fingerprint density at radius 3 is 2.52 bits per heavy atom. The van der Waals surface area contributed by atoms with Gasteiger partial charge in [0.2, 0.25) is 5.89 Å². The van der Waals surface area contributed by atoms with Gasteiger partial charge in [0.25, 0.3) is 0 Å². The molecule has 3 aromatic rings. The average Bonchev–Trinajstić information content (AvgIpc) is 2.93. The Morgan fingerprint density at radius 1 is 1.00 bits per heavy atom. The molecule has 1 aromatic heterocycles. The van der Waals surface area contributed by atoms with Crippen molar-refractivity contribution in [3.8, 4) is 0 Å². The second kappa shape index (κ2) is 5.70. The van der Waals surface area contributed by atoms with Crippen LogP contribution in [0.15, 0.2) is 53.1 Å². The molecule has 3 nitrogen and oxygen atoms in total. The SMILES string of the molecule is Cc1cnc(C(C)NC(C)c2cccc3ccccc23)o1. The van der Waals surface area contributed by atoms with Crippen LogP contribution in [0.5, 0.6) is 0 Å². The molecule has 0 bridgehead atoms. The Kier molecular flexibility index (Phi) is 3.76. The highest BCUT2D eigenvalue weighted by Gasteiger charge is 2.16. The van der Waals surface area contributed by atoms with Gasteiger partial charge in [-0.15, -0.1) is 0 Å². The van der Waals surface area contributed by atoms with E-state index < -0.39 is 0 Å². The fourth-order valence-electron chi connectivity index (χ4n) is 2.74. The number of oxazole rings is 1. The monoisotopic (exact) mass is 280 g/mol. The van der Waals surface area contributed by atoms with Gasteiger partial charge in [0, 0.05) is 6.04 Å². The van der Waals surface area contributed by atoms with Crippen LogP contribution in [-0.4, -0.2) is 4.98 Å². The van der Waals surface area contributed by atoms with Gasteiger partial charge < -0.3 is 4.42 Å². The number of nitrogens with one attached hydrogen (secondary N) is 1. The zero-order chi connectivity index (χ0) is 14.8. The number of aryl methyl sites for hydroxylation is 1. The summed E-state index contributed by atoms with van der Waals surface area (Å²) in [6, 6.07) is 15.2. The molecular weight excluding hydrogens is 260 g/mol. The quantitative estimate of drug-likeness (QED) is 0.762. The zero-order valence-electron chi connectivity index (χ0n) is 12.6. The van der Waals surface area contributed by atoms with Gasteiger partial charge in [-0.3, -0.25) is 5.32 Å². The highest BCUT2D eigenvalue weighted by Crippen LogP contribution is 2.26. The maximum Gasteiger partial charge on any atom is 0.211 e. The number of hydrogen-bond acceptors (Lipinski definition) is 3. The second-order valence-corrected chi connectivity index (χ2v) is 5.49. The Labute approximate surface area is 125 Å². The molecule has 3 heteroatoms. The minimum Gasteiger partial charge on any atom is -0.444 e. The summed E-state index contributed by atoms with van der Waals surface area (Å²) in [5.74, 6) is 1.58. The molecule has 108 valence electrons. The smallest absolute Gasteiger partial charge is 0.211 e. The van der Waals surface area contributed by atoms with Gasteiger partial charge in [-0.2, -0.15) is 0 Å². The summed E-state index contributed by atoms with van der Waals surface area (Å²) in [5.41, 5.74) is 1.29. The molecule has 2 aromatic carbocycles. The number of fused-ring (bicyclic) bond motifs is 1. The van der Waals surface area contributed by atoms with Crippen LogP contribution >= 0.6 is 0 Å². The molecular formula is C18H20N2O. The van der Waals surface area contributed by atoms with Crippen LogP contribution in [0.4, 0.5) is 0 Å². The van der Waals surface area contributed by atoms with Crippen LogP contribution in [0.2, 0.25) is 0 Å². The van der Waals surface area contributed by atoms with Gasteiger partial charge in [0.15, 0.2) is 0 Å². The summed E-state index contributed by atoms with van der Waals surface area (Å²) >= 11 is 0. The Bertz CT molecular complexity index is 742. The first-order valence-electron chi connectivity index (χ1n) is 7.31. The van der Waals surface area contributed by atoms with Gasteiger partial charge in [-0.25, -0.2) is 4.98 Å². The van der Waals surface area contributed by atoms with Crippen molar-refractivity contribution in [1.29, 1.82) is 0 Å². The van der Waals surface area contributed by atoms with Crippen LogP contribution in [0.3, 0.4) is 0 Å². The van der Waals surface area contributed by atoms with E-state index in [1.54, 1.807) is 6.20 Å². The summed E-state index contributed by atoms with van der Waals surface area (Å²) < 4.78 is 5.60. The topological polar surface area (TPSA) is 38.1 Å². The zero-order valence-corrected chi connectivity index (χ0v) is 12.6. The highest BCUT2D eigenvalue weighted by atomic mass is 16.4. The van der Waals surface area contributed by atoms with Crippen LogP contribution in [0.1, 0.15) is 43.1 Å². The molecule has 0 spiro atoms. The van der Waals surface area contributed by atoms with E-state index in [1.807, 2.05) is 6.92 Å². The van der Waals surface area contributed by atoms with Gasteiger partial charge in [0.05, 0.1) is 12.2 Å². The number of nitrogens with zero attached hydrogens (tertiary/aromatic N) is 1. The molecule has 0 aliphatic heterocycles. The first-order chi connectivity index (χ1) is 10.1. The third-order valence-corrected chi connectivity index (χ3v) is 3.80. The summed E-state index contributed by atoms with van der Waals surface area (Å²) in [4.78, 5) is 4.30. The maximum atomic E-state index is 5.60. The highest BCUT2D eigenvalue weighted by molar-refractivity contribution is 5.86. The Morgan fingerprint density at radius 2 is 1.76 bits per heavy atom. The fraction of sp³-hybridized carbons (Fsp3) is 0.278. The Hall–Kier alpha value is -2.13. The molecule has 2 atom stereocenters. The first kappa shape index (κ1) is 13.8. The predicted octanol–water partition coefficient (Wildman–Crippen LogP) is 4.55. The lowest BCUT2D eigenvalue weighted by molar-refractivity contribution is 0.381. The van der Waals surface area contributed by atoms with E-state index in [0.717, 1.165) is 11.7 Å². The largest absolute Gasteiger partial charge is 0.444 e. The van der Waals surface area contributed by atoms with Crippen molar-refractivity contribution < 1.29 is 4.42 Å². The van der Waals surface area contributed by atoms with Gasteiger partial charge in [-0.1, -0.05) is 42.5 Å². The third kappa shape index (κ3) is 2.83. The van der Waals surface area contributed by atoms with Crippen LogP contribution < -0.4 is 5.32 Å². The van der Waals surface area contributed by atoms with Gasteiger partial charge in [0.1, 0.15) is 5.76 Å². The van der Waals surface area contributed by atoms with E-state index in [0.29, 0.717) is 0 Å². The van der Waals surface area contributed by atoms with Crippen molar-refractivity contribution in [2.75, 3.05) is 0 Å². The Balaban J connectivity index is 1.85. The van der Waals surface area contributed by atoms with E-state index in [1.165, 1.54) is 16.3 Å². The maximum absolute atomic E-state index is 5.60. The molecule has 0 amide bonds. The molecule has 0 aliphatic rings. The van der Waals surface area contributed by atoms with E-state index in [4.69, 9.17) is 4.42 Å². The minimum absolute atomic E-state index is 0.0765. The molecule has 1 N–H and O–H groups in total. The number of hydrogen-bond donors (Lipinski definition) is 1. The first-order valence-corrected chi connectivity index (χ1v) is 7.31. The standard InChI is InChI=1S/C18H20N2O/c1-12-11-19-18(21-12)14(3)20-13(2)16-10-6-8-15-7-4-5-9-17(15)16/h4-11,13-14,20H,1-3H3. The van der Waals surface area contributed by atoms with Crippen molar-refractivity contribution >= 4 is 10.8 Å². The van der Waals surface area contributed by atoms with E-state index in [2.05, 4.69) is 66.6 Å². The second-order valence-electron chi connectivity index (χ2n) is 5.49. The lowest BCUT2D eigenvalue weighted by Crippen LogP contribution is -2.22. The molecule has 0 saturated heterocycles. The lowest BCUT2D eigenvalue weighted by Gasteiger charge is -2.20. The van der Waals surface area contributed by atoms with Crippen molar-refractivity contribution in [2.24, 2.45) is 0 Å². The number of aromatic nitrogens is 1. The van der Waals surface area contributed by atoms with Crippen LogP contribution in [-0.2, 0) is 0 Å². The van der Waals surface area contributed by atoms with Crippen molar-refractivity contribution in [3.63, 3.8) is 0 Å². The van der Waals surface area contributed by atoms with Crippen molar-refractivity contribution in [3.05, 3.63) is 65.9 Å². The van der Waals surface area contributed by atoms with E-state index in [-0.39, 0.29) is 12.1 Å². The van der Waals surface area contributed by atoms with Gasteiger partial charge in [-0.05, 0) is 37.1 Å². The molecule has 1 heterocycles. The summed E-state index contributed by atoms with van der Waals surface area (Å²) in [7, 11) is 0. The molecule has 0 radical (unpaired) electrons. The third-order valence-electron chi connectivity index (χ3n) is 3.80. The summed E-state index contributed by atoms with van der Waals surface area (Å²) in [5, 5.41) is 6.12. The van der Waals surface area contributed by atoms with Crippen molar-refractivity contribution in [2.45, 2.75) is 32.9 Å². The minimum atomic E-state index is 0.0765. The van der Waals surface area contributed by atoms with Crippen molar-refractivity contribution in [1.82, 2.24) is 10.3 Å². The number of rotatable bonds is 4. The molecule has 2 unspecified atom stereocenters. The van der Waals surface area contributed by atoms with E-state index in [9.17, 15) is 0 Å².